The molecule has 1 N–H and O–H groups in total. The fourth-order valence-corrected chi connectivity index (χ4v) is 3.88. The summed E-state index contributed by atoms with van der Waals surface area (Å²) in [6.45, 7) is 3.55. The molecule has 0 amide bonds. The van der Waals surface area contributed by atoms with Gasteiger partial charge in [0, 0.05) is 31.2 Å². The maximum absolute atomic E-state index is 9.04. The molecule has 114 valence electrons. The topological polar surface area (TPSA) is 52.0 Å². The number of nitrogens with one attached hydrogen (secondary N) is 1. The first-order valence-corrected chi connectivity index (χ1v) is 8.49. The zero-order valence-electron chi connectivity index (χ0n) is 11.8. The maximum Gasteiger partial charge on any atom is 0.162 e. The summed E-state index contributed by atoms with van der Waals surface area (Å²) >= 11 is 13.3. The second-order valence-corrected chi connectivity index (χ2v) is 6.66. The minimum atomic E-state index is 0.275. The molecule has 0 radical (unpaired) electrons. The van der Waals surface area contributed by atoms with Gasteiger partial charge < -0.3 is 5.32 Å². The predicted octanol–water partition coefficient (Wildman–Crippen LogP) is 3.79. The molecule has 0 fully saturated rings. The van der Waals surface area contributed by atoms with Crippen LogP contribution in [0.4, 0.5) is 5.00 Å². The number of rotatable bonds is 4. The minimum Gasteiger partial charge on any atom is -0.373 e. The van der Waals surface area contributed by atoms with Crippen molar-refractivity contribution in [3.63, 3.8) is 0 Å². The van der Waals surface area contributed by atoms with Crippen molar-refractivity contribution in [2.24, 2.45) is 0 Å². The normalized spacial score (nSPS) is 14.4. The lowest BCUT2D eigenvalue weighted by atomic mass is 10.00. The third-order valence-electron chi connectivity index (χ3n) is 3.76. The number of nitrogens with zero attached hydrogens (tertiary/aromatic N) is 3. The maximum atomic E-state index is 9.04. The van der Waals surface area contributed by atoms with Gasteiger partial charge in [0.2, 0.25) is 0 Å². The second kappa shape index (κ2) is 6.84. The van der Waals surface area contributed by atoms with Gasteiger partial charge in [-0.1, -0.05) is 35.3 Å². The van der Waals surface area contributed by atoms with Crippen molar-refractivity contribution >= 4 is 39.7 Å². The molecular weight excluding hydrogens is 339 g/mol. The fraction of sp³-hybridized carbons (Fsp3) is 0.333. The summed E-state index contributed by atoms with van der Waals surface area (Å²) in [5.74, 6) is 0. The molecule has 1 aliphatic rings. The van der Waals surface area contributed by atoms with E-state index >= 15 is 0 Å². The number of fused-ring (bicyclic) bond motifs is 1. The van der Waals surface area contributed by atoms with E-state index in [1.165, 1.54) is 22.7 Å². The van der Waals surface area contributed by atoms with E-state index in [-0.39, 0.29) is 5.15 Å². The van der Waals surface area contributed by atoms with E-state index < -0.39 is 0 Å². The number of aromatic nitrogens is 1. The van der Waals surface area contributed by atoms with Crippen molar-refractivity contribution in [1.29, 1.82) is 5.26 Å². The molecule has 4 nitrogen and oxygen atoms in total. The van der Waals surface area contributed by atoms with Crippen molar-refractivity contribution in [2.45, 2.75) is 13.0 Å². The summed E-state index contributed by atoms with van der Waals surface area (Å²) in [6.07, 6.45) is 0.977. The Kier molecular flexibility index (Phi) is 4.84. The summed E-state index contributed by atoms with van der Waals surface area (Å²) in [7, 11) is 0. The van der Waals surface area contributed by atoms with Gasteiger partial charge >= 0.3 is 0 Å². The van der Waals surface area contributed by atoms with Gasteiger partial charge in [0.25, 0.3) is 0 Å². The Balaban J connectivity index is 1.56. The van der Waals surface area contributed by atoms with E-state index in [9.17, 15) is 0 Å². The Morgan fingerprint density at radius 2 is 2.27 bits per heavy atom. The van der Waals surface area contributed by atoms with Crippen molar-refractivity contribution < 1.29 is 0 Å². The first kappa shape index (κ1) is 15.6. The van der Waals surface area contributed by atoms with Gasteiger partial charge in [-0.05, 0) is 35.1 Å². The van der Waals surface area contributed by atoms with Crippen LogP contribution in [0.5, 0.6) is 0 Å². The van der Waals surface area contributed by atoms with Crippen molar-refractivity contribution in [3.05, 3.63) is 45.1 Å². The monoisotopic (exact) mass is 352 g/mol. The fourth-order valence-electron chi connectivity index (χ4n) is 2.63. The molecule has 22 heavy (non-hydrogen) atoms. The van der Waals surface area contributed by atoms with Crippen LogP contribution < -0.4 is 5.32 Å². The Bertz CT molecular complexity index is 723. The summed E-state index contributed by atoms with van der Waals surface area (Å²) in [5.41, 5.74) is 3.01. The van der Waals surface area contributed by atoms with Crippen molar-refractivity contribution in [2.75, 3.05) is 25.0 Å². The summed E-state index contributed by atoms with van der Waals surface area (Å²) < 4.78 is 3.99. The molecule has 0 saturated carbocycles. The van der Waals surface area contributed by atoms with Crippen LogP contribution in [0.15, 0.2) is 18.2 Å². The Morgan fingerprint density at radius 1 is 1.41 bits per heavy atom. The second-order valence-electron chi connectivity index (χ2n) is 5.12. The van der Waals surface area contributed by atoms with Crippen LogP contribution in [-0.2, 0) is 13.0 Å². The van der Waals surface area contributed by atoms with Gasteiger partial charge in [-0.25, -0.2) is 0 Å². The van der Waals surface area contributed by atoms with E-state index in [1.807, 2.05) is 12.1 Å². The first-order valence-electron chi connectivity index (χ1n) is 6.97. The van der Waals surface area contributed by atoms with E-state index in [2.05, 4.69) is 26.7 Å². The Labute approximate surface area is 143 Å². The number of halogens is 2. The number of benzene rings is 1. The molecule has 0 saturated heterocycles. The van der Waals surface area contributed by atoms with Crippen LogP contribution in [0.1, 0.15) is 16.7 Å². The molecule has 2 heterocycles. The van der Waals surface area contributed by atoms with E-state index in [0.29, 0.717) is 5.56 Å². The molecule has 0 atom stereocenters. The summed E-state index contributed by atoms with van der Waals surface area (Å²) in [5, 5.41) is 14.2. The third-order valence-corrected chi connectivity index (χ3v) is 5.30. The molecular formula is C15H14Cl2N4S. The van der Waals surface area contributed by atoms with Gasteiger partial charge in [-0.15, -0.1) is 0 Å². The van der Waals surface area contributed by atoms with Crippen molar-refractivity contribution in [1.82, 2.24) is 9.27 Å². The van der Waals surface area contributed by atoms with Crippen LogP contribution in [0.25, 0.3) is 0 Å². The van der Waals surface area contributed by atoms with Crippen LogP contribution in [0.2, 0.25) is 10.2 Å². The average molecular weight is 353 g/mol. The van der Waals surface area contributed by atoms with Crippen molar-refractivity contribution in [3.8, 4) is 6.07 Å². The standard InChI is InChI=1S/C15H14Cl2N4S/c16-13-3-1-2-10-9-21(6-4-11(10)13)7-5-19-15-12(8-18)14(17)20-22-15/h1-3,19H,4-7,9H2. The highest BCUT2D eigenvalue weighted by Crippen LogP contribution is 2.28. The molecule has 0 unspecified atom stereocenters. The van der Waals surface area contributed by atoms with Crippen LogP contribution in [0.3, 0.4) is 0 Å². The Morgan fingerprint density at radius 3 is 3.09 bits per heavy atom. The van der Waals surface area contributed by atoms with Gasteiger partial charge in [0.1, 0.15) is 16.6 Å². The van der Waals surface area contributed by atoms with Gasteiger partial charge in [-0.2, -0.15) is 9.64 Å². The SMILES string of the molecule is N#Cc1c(Cl)nsc1NCCN1CCc2c(Cl)cccc2C1. The first-order chi connectivity index (χ1) is 10.7. The lowest BCUT2D eigenvalue weighted by molar-refractivity contribution is 0.264. The summed E-state index contributed by atoms with van der Waals surface area (Å²) in [4.78, 5) is 2.38. The quantitative estimate of drug-likeness (QED) is 0.909. The smallest absolute Gasteiger partial charge is 0.162 e. The minimum absolute atomic E-state index is 0.275. The predicted molar refractivity (Wildman–Crippen MR) is 90.8 cm³/mol. The highest BCUT2D eigenvalue weighted by molar-refractivity contribution is 7.10. The number of hydrogen-bond donors (Lipinski definition) is 1. The lowest BCUT2D eigenvalue weighted by Gasteiger charge is -2.29. The van der Waals surface area contributed by atoms with Crippen LogP contribution in [0, 0.1) is 11.3 Å². The molecule has 1 aliphatic heterocycles. The van der Waals surface area contributed by atoms with E-state index in [4.69, 9.17) is 28.5 Å². The highest BCUT2D eigenvalue weighted by Gasteiger charge is 2.18. The molecule has 1 aromatic carbocycles. The number of anilines is 1. The molecule has 2 aromatic rings. The van der Waals surface area contributed by atoms with Gasteiger partial charge in [0.05, 0.1) is 0 Å². The number of nitriles is 1. The largest absolute Gasteiger partial charge is 0.373 e. The molecule has 1 aromatic heterocycles. The van der Waals surface area contributed by atoms with Gasteiger partial charge in [0.15, 0.2) is 5.15 Å². The number of hydrogen-bond acceptors (Lipinski definition) is 5. The van der Waals surface area contributed by atoms with Crippen LogP contribution >= 0.6 is 34.7 Å². The third kappa shape index (κ3) is 3.21. The lowest BCUT2D eigenvalue weighted by Crippen LogP contribution is -2.34. The van der Waals surface area contributed by atoms with E-state index in [0.717, 1.165) is 42.6 Å². The molecule has 3 rings (SSSR count). The highest BCUT2D eigenvalue weighted by atomic mass is 35.5. The zero-order valence-corrected chi connectivity index (χ0v) is 14.1. The van der Waals surface area contributed by atoms with Gasteiger partial charge in [-0.3, -0.25) is 4.90 Å². The zero-order chi connectivity index (χ0) is 15.5. The molecule has 7 heteroatoms. The average Bonchev–Trinajstić information content (AvgIpc) is 2.87. The van der Waals surface area contributed by atoms with E-state index in [1.54, 1.807) is 0 Å². The summed E-state index contributed by atoms with van der Waals surface area (Å²) in [6, 6.07) is 8.17. The Hall–Kier alpha value is -1.32. The molecule has 0 aliphatic carbocycles. The van der Waals surface area contributed by atoms with Crippen LogP contribution in [-0.4, -0.2) is 28.9 Å². The molecule has 0 bridgehead atoms. The molecule has 0 spiro atoms.